The van der Waals surface area contributed by atoms with Gasteiger partial charge in [-0.25, -0.2) is 0 Å². The van der Waals surface area contributed by atoms with Crippen LogP contribution in [-0.4, -0.2) is 12.2 Å². The number of rotatable bonds is 0. The Kier molecular flexibility index (Phi) is 2.84. The van der Waals surface area contributed by atoms with E-state index in [0.717, 1.165) is 16.8 Å². The highest BCUT2D eigenvalue weighted by Crippen LogP contribution is 2.51. The second kappa shape index (κ2) is 4.27. The van der Waals surface area contributed by atoms with Crippen LogP contribution in [0.25, 0.3) is 11.1 Å². The van der Waals surface area contributed by atoms with Gasteiger partial charge in [0.25, 0.3) is 0 Å². The zero-order valence-corrected chi connectivity index (χ0v) is 13.7. The van der Waals surface area contributed by atoms with Gasteiger partial charge in [0.1, 0.15) is 5.75 Å². The van der Waals surface area contributed by atoms with Crippen LogP contribution in [0.4, 0.5) is 5.69 Å². The van der Waals surface area contributed by atoms with Crippen LogP contribution in [0.2, 0.25) is 0 Å². The third-order valence-electron chi connectivity index (χ3n) is 5.00. The predicted octanol–water partition coefficient (Wildman–Crippen LogP) is 4.67. The normalized spacial score (nSPS) is 15.6. The molecule has 2 heteroatoms. The van der Waals surface area contributed by atoms with E-state index in [-0.39, 0.29) is 5.54 Å². The van der Waals surface area contributed by atoms with Crippen molar-refractivity contribution in [2.45, 2.75) is 40.2 Å². The summed E-state index contributed by atoms with van der Waals surface area (Å²) in [5.41, 5.74) is 8.31. The maximum atomic E-state index is 10.2. The molecule has 0 amide bonds. The summed E-state index contributed by atoms with van der Waals surface area (Å²) < 4.78 is 0. The second-order valence-electron chi connectivity index (χ2n) is 6.73. The van der Waals surface area contributed by atoms with E-state index >= 15 is 0 Å². The van der Waals surface area contributed by atoms with Crippen LogP contribution in [0.15, 0.2) is 24.3 Å². The first-order valence-corrected chi connectivity index (χ1v) is 7.43. The molecule has 1 N–H and O–H groups in total. The van der Waals surface area contributed by atoms with Gasteiger partial charge in [0, 0.05) is 18.2 Å². The number of hydrogen-bond donors (Lipinski definition) is 1. The summed E-state index contributed by atoms with van der Waals surface area (Å²) in [4.78, 5) is 2.30. The van der Waals surface area contributed by atoms with Crippen LogP contribution in [0, 0.1) is 20.8 Å². The van der Waals surface area contributed by atoms with E-state index in [1.54, 1.807) is 0 Å². The van der Waals surface area contributed by atoms with Gasteiger partial charge in [0.05, 0.1) is 11.2 Å². The van der Waals surface area contributed by atoms with Crippen LogP contribution in [0.5, 0.6) is 5.75 Å². The smallest absolute Gasteiger partial charge is 0.120 e. The predicted molar refractivity (Wildman–Crippen MR) is 89.2 cm³/mol. The molecule has 0 fully saturated rings. The van der Waals surface area contributed by atoms with Gasteiger partial charge < -0.3 is 10.0 Å². The lowest BCUT2D eigenvalue weighted by Crippen LogP contribution is -2.42. The average molecular weight is 281 g/mol. The number of nitrogens with zero attached hydrogens (tertiary/aromatic N) is 1. The molecule has 0 unspecified atom stereocenters. The summed E-state index contributed by atoms with van der Waals surface area (Å²) in [6.45, 7) is 10.7. The molecule has 110 valence electrons. The van der Waals surface area contributed by atoms with Crippen molar-refractivity contribution in [1.82, 2.24) is 0 Å². The van der Waals surface area contributed by atoms with Crippen LogP contribution in [0.1, 0.15) is 36.1 Å². The molecule has 0 radical (unpaired) electrons. The molecule has 2 aromatic carbocycles. The van der Waals surface area contributed by atoms with Gasteiger partial charge in [-0.1, -0.05) is 23.8 Å². The third-order valence-corrected chi connectivity index (χ3v) is 5.00. The maximum Gasteiger partial charge on any atom is 0.120 e. The quantitative estimate of drug-likeness (QED) is 0.758. The zero-order valence-electron chi connectivity index (χ0n) is 13.7. The third kappa shape index (κ3) is 1.78. The van der Waals surface area contributed by atoms with Gasteiger partial charge in [-0.15, -0.1) is 0 Å². The first-order chi connectivity index (χ1) is 9.75. The molecule has 3 rings (SSSR count). The van der Waals surface area contributed by atoms with E-state index in [0.29, 0.717) is 5.75 Å². The number of fused-ring (bicyclic) bond motifs is 3. The molecular weight excluding hydrogens is 258 g/mol. The summed E-state index contributed by atoms with van der Waals surface area (Å²) in [7, 11) is 2.12. The Morgan fingerprint density at radius 3 is 2.38 bits per heavy atom. The SMILES string of the molecule is Cc1ccc2c(c1)C(C)(C)N(C)c1c(C)c(O)cc(C)c1-2. The molecule has 0 saturated carbocycles. The lowest BCUT2D eigenvalue weighted by Gasteiger charge is -2.45. The summed E-state index contributed by atoms with van der Waals surface area (Å²) in [5, 5.41) is 10.2. The summed E-state index contributed by atoms with van der Waals surface area (Å²) >= 11 is 0. The first-order valence-electron chi connectivity index (χ1n) is 7.43. The van der Waals surface area contributed by atoms with Crippen molar-refractivity contribution in [3.8, 4) is 16.9 Å². The molecule has 1 heterocycles. The summed E-state index contributed by atoms with van der Waals surface area (Å²) in [6, 6.07) is 8.56. The standard InChI is InChI=1S/C19H23NO/c1-11-7-8-14-15(9-11)19(4,5)20(6)18-13(3)16(21)10-12(2)17(14)18/h7-10,21H,1-6H3. The van der Waals surface area contributed by atoms with Crippen LogP contribution >= 0.6 is 0 Å². The summed E-state index contributed by atoms with van der Waals surface area (Å²) in [5.74, 6) is 0.379. The molecule has 1 aliphatic rings. The first kappa shape index (κ1) is 14.0. The molecule has 0 aliphatic carbocycles. The van der Waals surface area contributed by atoms with E-state index in [9.17, 15) is 5.11 Å². The molecule has 0 spiro atoms. The van der Waals surface area contributed by atoms with Gasteiger partial charge in [-0.3, -0.25) is 0 Å². The largest absolute Gasteiger partial charge is 0.508 e. The van der Waals surface area contributed by atoms with Gasteiger partial charge in [0.15, 0.2) is 0 Å². The Balaban J connectivity index is 2.47. The zero-order chi connectivity index (χ0) is 15.5. The Bertz CT molecular complexity index is 744. The fraction of sp³-hybridized carbons (Fsp3) is 0.368. The van der Waals surface area contributed by atoms with E-state index in [2.05, 4.69) is 57.8 Å². The van der Waals surface area contributed by atoms with Crippen molar-refractivity contribution >= 4 is 5.69 Å². The summed E-state index contributed by atoms with van der Waals surface area (Å²) in [6.07, 6.45) is 0. The van der Waals surface area contributed by atoms with Crippen LogP contribution in [-0.2, 0) is 5.54 Å². The maximum absolute atomic E-state index is 10.2. The molecule has 0 saturated heterocycles. The minimum atomic E-state index is -0.0979. The van der Waals surface area contributed by atoms with Crippen molar-refractivity contribution < 1.29 is 5.11 Å². The Morgan fingerprint density at radius 2 is 1.71 bits per heavy atom. The average Bonchev–Trinajstić information content (AvgIpc) is 2.41. The minimum Gasteiger partial charge on any atom is -0.508 e. The van der Waals surface area contributed by atoms with Crippen molar-refractivity contribution in [1.29, 1.82) is 0 Å². The number of phenolic OH excluding ortho intramolecular Hbond substituents is 1. The Labute approximate surface area is 127 Å². The number of aryl methyl sites for hydroxylation is 2. The van der Waals surface area contributed by atoms with Gasteiger partial charge in [-0.05, 0) is 57.4 Å². The lowest BCUT2D eigenvalue weighted by atomic mass is 9.78. The van der Waals surface area contributed by atoms with E-state index in [4.69, 9.17) is 0 Å². The van der Waals surface area contributed by atoms with E-state index < -0.39 is 0 Å². The topological polar surface area (TPSA) is 23.5 Å². The fourth-order valence-corrected chi connectivity index (χ4v) is 3.48. The highest BCUT2D eigenvalue weighted by molar-refractivity contribution is 5.90. The molecule has 1 aliphatic heterocycles. The van der Waals surface area contributed by atoms with E-state index in [1.165, 1.54) is 22.3 Å². The lowest BCUT2D eigenvalue weighted by molar-refractivity contribution is 0.466. The van der Waals surface area contributed by atoms with Crippen molar-refractivity contribution in [2.75, 3.05) is 11.9 Å². The van der Waals surface area contributed by atoms with Gasteiger partial charge >= 0.3 is 0 Å². The van der Waals surface area contributed by atoms with Crippen LogP contribution < -0.4 is 4.90 Å². The molecule has 21 heavy (non-hydrogen) atoms. The molecule has 2 aromatic rings. The second-order valence-corrected chi connectivity index (χ2v) is 6.73. The van der Waals surface area contributed by atoms with Crippen molar-refractivity contribution in [3.05, 3.63) is 46.5 Å². The number of hydrogen-bond acceptors (Lipinski definition) is 2. The van der Waals surface area contributed by atoms with Crippen molar-refractivity contribution in [3.63, 3.8) is 0 Å². The number of benzene rings is 2. The monoisotopic (exact) mass is 281 g/mol. The molecular formula is C19H23NO. The number of anilines is 1. The number of phenols is 1. The van der Waals surface area contributed by atoms with E-state index in [1.807, 2.05) is 13.0 Å². The molecule has 0 aromatic heterocycles. The Morgan fingerprint density at radius 1 is 1.05 bits per heavy atom. The number of aromatic hydroxyl groups is 1. The molecule has 0 bridgehead atoms. The Hall–Kier alpha value is -1.96. The fourth-order valence-electron chi connectivity index (χ4n) is 3.48. The molecule has 2 nitrogen and oxygen atoms in total. The van der Waals surface area contributed by atoms with Gasteiger partial charge in [-0.2, -0.15) is 0 Å². The van der Waals surface area contributed by atoms with Crippen LogP contribution in [0.3, 0.4) is 0 Å². The highest BCUT2D eigenvalue weighted by atomic mass is 16.3. The van der Waals surface area contributed by atoms with Crippen molar-refractivity contribution in [2.24, 2.45) is 0 Å². The molecule has 0 atom stereocenters. The van der Waals surface area contributed by atoms with Gasteiger partial charge in [0.2, 0.25) is 0 Å². The highest BCUT2D eigenvalue weighted by Gasteiger charge is 2.37. The minimum absolute atomic E-state index is 0.0979.